The zero-order valence-electron chi connectivity index (χ0n) is 11.0. The molecule has 1 rings (SSSR count). The topological polar surface area (TPSA) is 148 Å². The molecule has 1 aliphatic rings. The smallest absolute Gasteiger partial charge is 0.303 e. The first kappa shape index (κ1) is 17.3. The molecule has 0 amide bonds. The van der Waals surface area contributed by atoms with Gasteiger partial charge in [-0.25, -0.2) is 0 Å². The summed E-state index contributed by atoms with van der Waals surface area (Å²) in [5.74, 6) is -0.927. The number of carboxylic acid groups (broad SMARTS) is 1. The molecule has 1 heterocycles. The summed E-state index contributed by atoms with van der Waals surface area (Å²) in [5.41, 5.74) is 0. The van der Waals surface area contributed by atoms with Gasteiger partial charge < -0.3 is 35.4 Å². The largest absolute Gasteiger partial charge is 0.481 e. The number of aliphatic hydroxyl groups is 5. The summed E-state index contributed by atoms with van der Waals surface area (Å²) in [6, 6.07) is 0. The lowest BCUT2D eigenvalue weighted by Crippen LogP contribution is -2.57. The van der Waals surface area contributed by atoms with E-state index in [1.807, 2.05) is 0 Å². The second-order valence-corrected chi connectivity index (χ2v) is 5.05. The fraction of sp³-hybridized carbons (Fsp3) is 0.917. The minimum absolute atomic E-state index is 0.0246. The molecule has 0 aromatic carbocycles. The Morgan fingerprint density at radius 2 is 1.70 bits per heavy atom. The van der Waals surface area contributed by atoms with Crippen LogP contribution >= 0.6 is 0 Å². The Hall–Kier alpha value is -0.770. The summed E-state index contributed by atoms with van der Waals surface area (Å²) in [5, 5.41) is 55.9. The number of rotatable bonds is 7. The second kappa shape index (κ2) is 7.87. The van der Waals surface area contributed by atoms with Gasteiger partial charge in [0.1, 0.15) is 18.3 Å². The minimum atomic E-state index is -1.58. The molecule has 8 nitrogen and oxygen atoms in total. The van der Waals surface area contributed by atoms with Crippen LogP contribution in [0.25, 0.3) is 0 Å². The lowest BCUT2D eigenvalue weighted by Gasteiger charge is -2.38. The number of hydrogen-bond donors (Lipinski definition) is 6. The van der Waals surface area contributed by atoms with E-state index in [1.165, 1.54) is 0 Å². The summed E-state index contributed by atoms with van der Waals surface area (Å²) >= 11 is 0. The van der Waals surface area contributed by atoms with Crippen molar-refractivity contribution in [1.29, 1.82) is 0 Å². The Kier molecular flexibility index (Phi) is 6.80. The molecule has 0 spiro atoms. The fourth-order valence-electron chi connectivity index (χ4n) is 2.16. The number of hydrogen-bond acceptors (Lipinski definition) is 7. The maximum Gasteiger partial charge on any atom is 0.303 e. The van der Waals surface area contributed by atoms with E-state index in [0.717, 1.165) is 0 Å². The SMILES string of the molecule is O=C(O)CCCC(O)CC[C@@H]1O[C@H](O)[C@@H](O)[C@H](O)[C@@H]1O. The number of aliphatic carboxylic acids is 1. The second-order valence-electron chi connectivity index (χ2n) is 5.05. The molecule has 1 unspecified atom stereocenters. The zero-order valence-corrected chi connectivity index (χ0v) is 11.0. The van der Waals surface area contributed by atoms with Crippen LogP contribution in [0.1, 0.15) is 32.1 Å². The normalized spacial score (nSPS) is 35.8. The van der Waals surface area contributed by atoms with E-state index in [1.54, 1.807) is 0 Å². The Bertz CT molecular complexity index is 310. The molecule has 1 aliphatic heterocycles. The molecule has 6 N–H and O–H groups in total. The summed E-state index contributed by atoms with van der Waals surface area (Å²) in [4.78, 5) is 10.3. The van der Waals surface area contributed by atoms with E-state index in [4.69, 9.17) is 9.84 Å². The van der Waals surface area contributed by atoms with Crippen LogP contribution in [0.5, 0.6) is 0 Å². The van der Waals surface area contributed by atoms with Gasteiger partial charge in [-0.15, -0.1) is 0 Å². The van der Waals surface area contributed by atoms with Crippen molar-refractivity contribution in [3.63, 3.8) is 0 Å². The third-order valence-electron chi connectivity index (χ3n) is 3.40. The molecule has 0 saturated carbocycles. The molecular weight excluding hydrogens is 272 g/mol. The molecule has 118 valence electrons. The van der Waals surface area contributed by atoms with Crippen molar-refractivity contribution in [2.75, 3.05) is 0 Å². The molecule has 6 atom stereocenters. The van der Waals surface area contributed by atoms with Crippen molar-refractivity contribution in [2.45, 2.75) is 68.9 Å². The molecule has 20 heavy (non-hydrogen) atoms. The molecule has 0 aromatic rings. The highest BCUT2D eigenvalue weighted by molar-refractivity contribution is 5.66. The van der Waals surface area contributed by atoms with E-state index in [9.17, 15) is 30.3 Å². The molecule has 1 saturated heterocycles. The molecule has 8 heteroatoms. The van der Waals surface area contributed by atoms with Gasteiger partial charge in [-0.2, -0.15) is 0 Å². The van der Waals surface area contributed by atoms with Gasteiger partial charge in [-0.3, -0.25) is 4.79 Å². The van der Waals surface area contributed by atoms with Gasteiger partial charge in [0.05, 0.1) is 12.2 Å². The highest BCUT2D eigenvalue weighted by Crippen LogP contribution is 2.23. The summed E-state index contributed by atoms with van der Waals surface area (Å²) in [6.45, 7) is 0. The fourth-order valence-corrected chi connectivity index (χ4v) is 2.16. The molecule has 0 bridgehead atoms. The van der Waals surface area contributed by atoms with Crippen LogP contribution in [-0.2, 0) is 9.53 Å². The maximum atomic E-state index is 10.3. The first-order chi connectivity index (χ1) is 9.32. The van der Waals surface area contributed by atoms with Crippen molar-refractivity contribution in [3.05, 3.63) is 0 Å². The Morgan fingerprint density at radius 3 is 2.30 bits per heavy atom. The lowest BCUT2D eigenvalue weighted by atomic mass is 9.94. The summed E-state index contributed by atoms with van der Waals surface area (Å²) < 4.78 is 4.96. The highest BCUT2D eigenvalue weighted by Gasteiger charge is 2.42. The summed E-state index contributed by atoms with van der Waals surface area (Å²) in [7, 11) is 0. The Balaban J connectivity index is 2.31. The van der Waals surface area contributed by atoms with Gasteiger partial charge in [0, 0.05) is 6.42 Å². The predicted octanol–water partition coefficient (Wildman–Crippen LogP) is -1.82. The minimum Gasteiger partial charge on any atom is -0.481 e. The lowest BCUT2D eigenvalue weighted by molar-refractivity contribution is -0.283. The highest BCUT2D eigenvalue weighted by atomic mass is 16.6. The first-order valence-electron chi connectivity index (χ1n) is 6.60. The number of aliphatic hydroxyl groups excluding tert-OH is 5. The zero-order chi connectivity index (χ0) is 15.3. The first-order valence-corrected chi connectivity index (χ1v) is 6.60. The van der Waals surface area contributed by atoms with Crippen LogP contribution in [0.2, 0.25) is 0 Å². The third-order valence-corrected chi connectivity index (χ3v) is 3.40. The standard InChI is InChI=1S/C12H22O8/c13-6(2-1-3-8(14)15)4-5-7-9(16)10(17)11(18)12(19)20-7/h6-7,9-13,16-19H,1-5H2,(H,14,15)/t6?,7-,9+,10+,11-,12-/m0/s1. The maximum absolute atomic E-state index is 10.3. The van der Waals surface area contributed by atoms with E-state index in [-0.39, 0.29) is 19.3 Å². The van der Waals surface area contributed by atoms with E-state index in [2.05, 4.69) is 0 Å². The number of ether oxygens (including phenoxy) is 1. The van der Waals surface area contributed by atoms with Crippen LogP contribution in [0.4, 0.5) is 0 Å². The van der Waals surface area contributed by atoms with Crippen molar-refractivity contribution in [3.8, 4) is 0 Å². The molecular formula is C12H22O8. The molecule has 0 radical (unpaired) electrons. The van der Waals surface area contributed by atoms with Crippen LogP contribution in [0.3, 0.4) is 0 Å². The van der Waals surface area contributed by atoms with Crippen molar-refractivity contribution in [1.82, 2.24) is 0 Å². The average Bonchev–Trinajstić information content (AvgIpc) is 2.38. The molecule has 0 aliphatic carbocycles. The molecule has 1 fully saturated rings. The van der Waals surface area contributed by atoms with Gasteiger partial charge in [-0.1, -0.05) is 0 Å². The monoisotopic (exact) mass is 294 g/mol. The quantitative estimate of drug-likeness (QED) is 0.322. The van der Waals surface area contributed by atoms with Gasteiger partial charge in [0.15, 0.2) is 6.29 Å². The van der Waals surface area contributed by atoms with E-state index >= 15 is 0 Å². The predicted molar refractivity (Wildman–Crippen MR) is 65.6 cm³/mol. The van der Waals surface area contributed by atoms with Gasteiger partial charge in [-0.05, 0) is 25.7 Å². The Morgan fingerprint density at radius 1 is 1.05 bits per heavy atom. The van der Waals surface area contributed by atoms with Crippen molar-refractivity contribution >= 4 is 5.97 Å². The van der Waals surface area contributed by atoms with E-state index in [0.29, 0.717) is 12.8 Å². The third kappa shape index (κ3) is 4.97. The van der Waals surface area contributed by atoms with Crippen LogP contribution in [0, 0.1) is 0 Å². The average molecular weight is 294 g/mol. The number of carboxylic acids is 1. The summed E-state index contributed by atoms with van der Waals surface area (Å²) in [6.07, 6.45) is -6.60. The van der Waals surface area contributed by atoms with Gasteiger partial charge >= 0.3 is 5.97 Å². The van der Waals surface area contributed by atoms with Crippen LogP contribution in [-0.4, -0.2) is 73.4 Å². The van der Waals surface area contributed by atoms with Crippen molar-refractivity contribution in [2.24, 2.45) is 0 Å². The van der Waals surface area contributed by atoms with Crippen molar-refractivity contribution < 1.29 is 40.2 Å². The number of carbonyl (C=O) groups is 1. The van der Waals surface area contributed by atoms with Gasteiger partial charge in [0.2, 0.25) is 0 Å². The van der Waals surface area contributed by atoms with Crippen LogP contribution in [0.15, 0.2) is 0 Å². The van der Waals surface area contributed by atoms with E-state index < -0.39 is 42.8 Å². The van der Waals surface area contributed by atoms with Crippen LogP contribution < -0.4 is 0 Å². The Labute approximate surface area is 116 Å². The molecule has 0 aromatic heterocycles. The van der Waals surface area contributed by atoms with Gasteiger partial charge in [0.25, 0.3) is 0 Å².